The van der Waals surface area contributed by atoms with Gasteiger partial charge < -0.3 is 19.7 Å². The minimum atomic E-state index is -4.00. The number of rotatable bonds is 12. The zero-order valence-electron chi connectivity index (χ0n) is 22.3. The number of halogens is 1. The topological polar surface area (TPSA) is 105 Å². The van der Waals surface area contributed by atoms with Crippen molar-refractivity contribution in [2.45, 2.75) is 19.0 Å². The summed E-state index contributed by atoms with van der Waals surface area (Å²) in [7, 11) is 0.266. The lowest BCUT2D eigenvalue weighted by molar-refractivity contribution is -0.139. The Morgan fingerprint density at radius 1 is 0.974 bits per heavy atom. The molecule has 39 heavy (non-hydrogen) atoms. The van der Waals surface area contributed by atoms with Gasteiger partial charge in [0.1, 0.15) is 29.9 Å². The molecule has 0 aliphatic heterocycles. The van der Waals surface area contributed by atoms with E-state index in [9.17, 15) is 22.4 Å². The van der Waals surface area contributed by atoms with E-state index in [1.807, 2.05) is 18.2 Å². The summed E-state index contributed by atoms with van der Waals surface area (Å²) in [6.07, 6.45) is 1.09. The van der Waals surface area contributed by atoms with E-state index in [4.69, 9.17) is 9.47 Å². The van der Waals surface area contributed by atoms with Crippen molar-refractivity contribution >= 4 is 27.5 Å². The average molecular weight is 558 g/mol. The summed E-state index contributed by atoms with van der Waals surface area (Å²) in [5.41, 5.74) is 1.06. The van der Waals surface area contributed by atoms with Gasteiger partial charge in [0.15, 0.2) is 0 Å². The second-order valence-electron chi connectivity index (χ2n) is 8.74. The maximum Gasteiger partial charge on any atom is 0.244 e. The molecule has 2 amide bonds. The molecule has 0 bridgehead atoms. The van der Waals surface area contributed by atoms with E-state index < -0.39 is 40.2 Å². The van der Waals surface area contributed by atoms with Crippen LogP contribution in [-0.4, -0.2) is 65.2 Å². The highest BCUT2D eigenvalue weighted by molar-refractivity contribution is 7.92. The number of likely N-dealkylation sites (N-methyl/N-ethyl adjacent to an activating group) is 1. The van der Waals surface area contributed by atoms with Crippen molar-refractivity contribution < 1.29 is 31.9 Å². The van der Waals surface area contributed by atoms with Crippen LogP contribution in [0.1, 0.15) is 11.1 Å². The molecule has 0 saturated carbocycles. The van der Waals surface area contributed by atoms with Crippen molar-refractivity contribution in [3.63, 3.8) is 0 Å². The van der Waals surface area contributed by atoms with Gasteiger partial charge in [0.25, 0.3) is 0 Å². The summed E-state index contributed by atoms with van der Waals surface area (Å²) in [6.45, 7) is -0.911. The third kappa shape index (κ3) is 7.47. The lowest BCUT2D eigenvalue weighted by Gasteiger charge is -2.33. The number of benzene rings is 3. The van der Waals surface area contributed by atoms with Crippen LogP contribution in [0.2, 0.25) is 0 Å². The normalized spacial score (nSPS) is 11.8. The van der Waals surface area contributed by atoms with Crippen molar-refractivity contribution in [2.24, 2.45) is 0 Å². The van der Waals surface area contributed by atoms with Gasteiger partial charge in [0, 0.05) is 31.6 Å². The summed E-state index contributed by atoms with van der Waals surface area (Å²) in [6, 6.07) is 18.4. The molecule has 0 heterocycles. The Morgan fingerprint density at radius 3 is 2.23 bits per heavy atom. The first-order valence-electron chi connectivity index (χ1n) is 12.1. The van der Waals surface area contributed by atoms with Gasteiger partial charge in [0.05, 0.1) is 26.2 Å². The highest BCUT2D eigenvalue weighted by Gasteiger charge is 2.33. The number of methoxy groups -OCH3 is 2. The van der Waals surface area contributed by atoms with Crippen LogP contribution >= 0.6 is 0 Å². The maximum atomic E-state index is 14.7. The summed E-state index contributed by atoms with van der Waals surface area (Å²) >= 11 is 0. The minimum Gasteiger partial charge on any atom is -0.497 e. The molecule has 0 radical (unpaired) electrons. The molecule has 3 rings (SSSR count). The van der Waals surface area contributed by atoms with Gasteiger partial charge >= 0.3 is 0 Å². The third-order valence-corrected chi connectivity index (χ3v) is 7.28. The number of amides is 2. The Morgan fingerprint density at radius 2 is 1.64 bits per heavy atom. The van der Waals surface area contributed by atoms with Gasteiger partial charge in [-0.3, -0.25) is 13.9 Å². The van der Waals surface area contributed by atoms with Crippen LogP contribution < -0.4 is 19.1 Å². The highest BCUT2D eigenvalue weighted by Crippen LogP contribution is 2.33. The molecule has 0 spiro atoms. The molecule has 3 aromatic rings. The fourth-order valence-corrected chi connectivity index (χ4v) is 4.97. The molecule has 0 aromatic heterocycles. The Labute approximate surface area is 228 Å². The molecule has 1 N–H and O–H groups in total. The van der Waals surface area contributed by atoms with Crippen LogP contribution in [0.25, 0.3) is 0 Å². The lowest BCUT2D eigenvalue weighted by Crippen LogP contribution is -2.53. The number of nitrogens with one attached hydrogen (secondary N) is 1. The predicted molar refractivity (Wildman–Crippen MR) is 147 cm³/mol. The highest BCUT2D eigenvalue weighted by atomic mass is 32.2. The van der Waals surface area contributed by atoms with Crippen LogP contribution in [0, 0.1) is 5.82 Å². The van der Waals surface area contributed by atoms with Crippen LogP contribution in [-0.2, 0) is 32.6 Å². The molecule has 1 atom stereocenters. The van der Waals surface area contributed by atoms with Crippen LogP contribution in [0.15, 0.2) is 72.8 Å². The minimum absolute atomic E-state index is 0.111. The molecular formula is C28H32FN3O6S. The molecule has 208 valence electrons. The molecule has 1 unspecified atom stereocenters. The summed E-state index contributed by atoms with van der Waals surface area (Å²) < 4.78 is 52.0. The van der Waals surface area contributed by atoms with Crippen molar-refractivity contribution in [1.29, 1.82) is 0 Å². The smallest absolute Gasteiger partial charge is 0.244 e. The number of nitrogens with zero attached hydrogens (tertiary/aromatic N) is 2. The number of carbonyl (C=O) groups is 2. The largest absolute Gasteiger partial charge is 0.497 e. The van der Waals surface area contributed by atoms with Gasteiger partial charge in [-0.2, -0.15) is 0 Å². The fraction of sp³-hybridized carbons (Fsp3) is 0.286. The molecule has 0 fully saturated rings. The quantitative estimate of drug-likeness (QED) is 0.367. The molecular weight excluding hydrogens is 525 g/mol. The number of ether oxygens (including phenoxy) is 2. The summed E-state index contributed by atoms with van der Waals surface area (Å²) in [4.78, 5) is 28.2. The number of hydrogen-bond donors (Lipinski definition) is 1. The summed E-state index contributed by atoms with van der Waals surface area (Å²) in [5, 5.41) is 2.57. The van der Waals surface area contributed by atoms with Crippen LogP contribution in [0.5, 0.6) is 11.5 Å². The van der Waals surface area contributed by atoms with Gasteiger partial charge in [0.2, 0.25) is 21.8 Å². The van der Waals surface area contributed by atoms with Crippen LogP contribution in [0.4, 0.5) is 10.1 Å². The monoisotopic (exact) mass is 557 g/mol. The van der Waals surface area contributed by atoms with Crippen molar-refractivity contribution in [3.8, 4) is 11.5 Å². The van der Waals surface area contributed by atoms with Crippen LogP contribution in [0.3, 0.4) is 0 Å². The SMILES string of the molecule is CNC(=O)C(Cc1ccccc1)N(Cc1ccccc1F)C(=O)CN(c1ccc(OC)cc1OC)S(C)(=O)=O. The van der Waals surface area contributed by atoms with E-state index in [2.05, 4.69) is 5.32 Å². The summed E-state index contributed by atoms with van der Waals surface area (Å²) in [5.74, 6) is -1.13. The zero-order valence-corrected chi connectivity index (χ0v) is 23.1. The first-order valence-corrected chi connectivity index (χ1v) is 13.9. The molecule has 11 heteroatoms. The third-order valence-electron chi connectivity index (χ3n) is 6.15. The average Bonchev–Trinajstić information content (AvgIpc) is 2.93. The fourth-order valence-electron chi connectivity index (χ4n) is 4.12. The second-order valence-corrected chi connectivity index (χ2v) is 10.6. The first-order chi connectivity index (χ1) is 18.6. The Kier molecular flexibility index (Phi) is 9.89. The maximum absolute atomic E-state index is 14.7. The second kappa shape index (κ2) is 13.1. The first kappa shape index (κ1) is 29.4. The van der Waals surface area contributed by atoms with Gasteiger partial charge in [-0.1, -0.05) is 48.5 Å². The van der Waals surface area contributed by atoms with Gasteiger partial charge in [-0.15, -0.1) is 0 Å². The van der Waals surface area contributed by atoms with E-state index in [1.165, 1.54) is 56.5 Å². The lowest BCUT2D eigenvalue weighted by atomic mass is 10.0. The molecule has 9 nitrogen and oxygen atoms in total. The van der Waals surface area contributed by atoms with E-state index >= 15 is 0 Å². The van der Waals surface area contributed by atoms with Crippen molar-refractivity contribution in [1.82, 2.24) is 10.2 Å². The molecule has 0 saturated heterocycles. The molecule has 0 aliphatic rings. The van der Waals surface area contributed by atoms with Gasteiger partial charge in [-0.25, -0.2) is 12.8 Å². The Hall–Kier alpha value is -4.12. The number of carbonyl (C=O) groups excluding carboxylic acids is 2. The number of hydrogen-bond acceptors (Lipinski definition) is 6. The van der Waals surface area contributed by atoms with E-state index in [0.717, 1.165) is 16.1 Å². The molecule has 3 aromatic carbocycles. The van der Waals surface area contributed by atoms with Crippen molar-refractivity contribution in [3.05, 3.63) is 89.7 Å². The van der Waals surface area contributed by atoms with E-state index in [1.54, 1.807) is 24.3 Å². The Bertz CT molecular complexity index is 1400. The number of anilines is 1. The van der Waals surface area contributed by atoms with E-state index in [-0.39, 0.29) is 30.0 Å². The van der Waals surface area contributed by atoms with Gasteiger partial charge in [-0.05, 0) is 23.8 Å². The van der Waals surface area contributed by atoms with Crippen molar-refractivity contribution in [2.75, 3.05) is 38.4 Å². The number of sulfonamides is 1. The zero-order chi connectivity index (χ0) is 28.6. The predicted octanol–water partition coefficient (Wildman–Crippen LogP) is 3.00. The molecule has 0 aliphatic carbocycles. The standard InChI is InChI=1S/C28H32FN3O6S/c1-30-28(34)25(16-20-10-6-5-7-11-20)31(18-21-12-8-9-13-23(21)29)27(33)19-32(39(4,35)36)24-15-14-22(37-2)17-26(24)38-3/h5-15,17,25H,16,18-19H2,1-4H3,(H,30,34). The van der Waals surface area contributed by atoms with E-state index in [0.29, 0.717) is 5.75 Å². The Balaban J connectivity index is 2.07.